The number of carbonyl (C=O) groups excluding carboxylic acids is 4. The molecule has 0 fully saturated rings. The zero-order valence-corrected chi connectivity index (χ0v) is 18.9. The molecule has 5 rings (SSSR count). The minimum absolute atomic E-state index is 0.0126. The second-order valence-electron chi connectivity index (χ2n) is 7.78. The van der Waals surface area contributed by atoms with Gasteiger partial charge in [-0.2, -0.15) is 0 Å². The monoisotopic (exact) mass is 484 g/mol. The molecule has 0 saturated carbocycles. The lowest BCUT2D eigenvalue weighted by atomic mass is 10.1. The third kappa shape index (κ3) is 3.61. The van der Waals surface area contributed by atoms with E-state index in [0.717, 1.165) is 19.1 Å². The standard InChI is InChI=1S/C26H16N2O8/c1-34-24(31)14-9-15(25(32)35-2)11-16(10-14)28-22(29)17-8-7-13(12-19(17)23(28)30)21-27-20-6-4-3-5-18(20)26(33)36-21/h3-12H,1-2H3. The molecule has 0 spiro atoms. The maximum absolute atomic E-state index is 13.3. The number of nitrogens with zero attached hydrogens (tertiary/aromatic N) is 2. The average Bonchev–Trinajstić information content (AvgIpc) is 3.16. The Kier molecular flexibility index (Phi) is 5.40. The first-order valence-corrected chi connectivity index (χ1v) is 10.6. The molecular formula is C26H16N2O8. The molecular weight excluding hydrogens is 468 g/mol. The molecule has 1 aromatic heterocycles. The SMILES string of the molecule is COC(=O)c1cc(C(=O)OC)cc(N2C(=O)c3ccc(-c4nc5ccccc5c(=O)o4)cc3C2=O)c1. The number of benzene rings is 3. The molecule has 0 N–H and O–H groups in total. The van der Waals surface area contributed by atoms with Crippen LogP contribution in [0.3, 0.4) is 0 Å². The van der Waals surface area contributed by atoms with E-state index in [9.17, 15) is 24.0 Å². The lowest BCUT2D eigenvalue weighted by molar-refractivity contribution is 0.0598. The largest absolute Gasteiger partial charge is 0.465 e. The molecule has 1 aliphatic rings. The molecule has 4 aromatic rings. The zero-order chi connectivity index (χ0) is 25.6. The first-order chi connectivity index (χ1) is 17.3. The van der Waals surface area contributed by atoms with Gasteiger partial charge in [0.15, 0.2) is 0 Å². The van der Waals surface area contributed by atoms with Crippen LogP contribution in [-0.2, 0) is 9.47 Å². The fourth-order valence-corrected chi connectivity index (χ4v) is 3.96. The normalized spacial score (nSPS) is 12.6. The third-order valence-corrected chi connectivity index (χ3v) is 5.69. The van der Waals surface area contributed by atoms with Crippen LogP contribution in [0.25, 0.3) is 22.4 Å². The maximum Gasteiger partial charge on any atom is 0.347 e. The number of rotatable bonds is 4. The summed E-state index contributed by atoms with van der Waals surface area (Å²) in [5.74, 6) is -2.90. The van der Waals surface area contributed by atoms with Gasteiger partial charge in [-0.3, -0.25) is 9.59 Å². The van der Waals surface area contributed by atoms with Crippen molar-refractivity contribution >= 4 is 40.3 Å². The van der Waals surface area contributed by atoms with E-state index in [1.165, 1.54) is 36.4 Å². The Morgan fingerprint density at radius 3 is 2.11 bits per heavy atom. The van der Waals surface area contributed by atoms with Gasteiger partial charge in [0.25, 0.3) is 11.8 Å². The minimum atomic E-state index is -0.765. The lowest BCUT2D eigenvalue weighted by Gasteiger charge is -2.16. The smallest absolute Gasteiger partial charge is 0.347 e. The molecule has 10 heteroatoms. The van der Waals surface area contributed by atoms with E-state index in [1.807, 2.05) is 0 Å². The highest BCUT2D eigenvalue weighted by atomic mass is 16.5. The molecule has 0 aliphatic carbocycles. The summed E-state index contributed by atoms with van der Waals surface area (Å²) in [5, 5.41) is 0.312. The Bertz CT molecular complexity index is 1640. The van der Waals surface area contributed by atoms with Crippen LogP contribution < -0.4 is 10.5 Å². The molecule has 36 heavy (non-hydrogen) atoms. The quantitative estimate of drug-likeness (QED) is 0.316. The van der Waals surface area contributed by atoms with Gasteiger partial charge in [0.2, 0.25) is 5.89 Å². The van der Waals surface area contributed by atoms with Crippen LogP contribution in [0, 0.1) is 0 Å². The summed E-state index contributed by atoms with van der Waals surface area (Å²) in [6.07, 6.45) is 0. The number of para-hydroxylation sites is 1. The Morgan fingerprint density at radius 1 is 0.806 bits per heavy atom. The van der Waals surface area contributed by atoms with E-state index in [2.05, 4.69) is 4.98 Å². The van der Waals surface area contributed by atoms with Crippen LogP contribution in [0.4, 0.5) is 5.69 Å². The fourth-order valence-electron chi connectivity index (χ4n) is 3.96. The Labute approximate surface area is 202 Å². The molecule has 0 bridgehead atoms. The minimum Gasteiger partial charge on any atom is -0.465 e. The predicted molar refractivity (Wildman–Crippen MR) is 126 cm³/mol. The molecule has 0 saturated heterocycles. The molecule has 10 nitrogen and oxygen atoms in total. The van der Waals surface area contributed by atoms with Gasteiger partial charge in [-0.15, -0.1) is 0 Å². The van der Waals surface area contributed by atoms with Crippen LogP contribution in [0.1, 0.15) is 41.4 Å². The summed E-state index contributed by atoms with van der Waals surface area (Å²) in [4.78, 5) is 68.4. The first-order valence-electron chi connectivity index (χ1n) is 10.6. The molecule has 2 heterocycles. The summed E-state index contributed by atoms with van der Waals surface area (Å²) < 4.78 is 14.8. The van der Waals surface area contributed by atoms with Crippen molar-refractivity contribution < 1.29 is 33.1 Å². The van der Waals surface area contributed by atoms with Gasteiger partial charge in [-0.25, -0.2) is 24.3 Å². The Hall–Kier alpha value is -5.12. The van der Waals surface area contributed by atoms with Crippen molar-refractivity contribution in [1.82, 2.24) is 4.98 Å². The van der Waals surface area contributed by atoms with Crippen molar-refractivity contribution in [2.75, 3.05) is 19.1 Å². The van der Waals surface area contributed by atoms with Gasteiger partial charge in [0, 0.05) is 5.56 Å². The number of carbonyl (C=O) groups is 4. The number of esters is 2. The van der Waals surface area contributed by atoms with Crippen molar-refractivity contribution in [2.24, 2.45) is 0 Å². The van der Waals surface area contributed by atoms with Crippen LogP contribution in [-0.4, -0.2) is 43.0 Å². The predicted octanol–water partition coefficient (Wildman–Crippen LogP) is 3.23. The van der Waals surface area contributed by atoms with E-state index < -0.39 is 29.4 Å². The number of methoxy groups -OCH3 is 2. The number of fused-ring (bicyclic) bond motifs is 2. The average molecular weight is 484 g/mol. The van der Waals surface area contributed by atoms with Crippen molar-refractivity contribution in [3.8, 4) is 11.5 Å². The van der Waals surface area contributed by atoms with Gasteiger partial charge in [0.05, 0.1) is 53.1 Å². The summed E-state index contributed by atoms with van der Waals surface area (Å²) in [7, 11) is 2.32. The number of anilines is 1. The van der Waals surface area contributed by atoms with Crippen molar-refractivity contribution in [3.63, 3.8) is 0 Å². The van der Waals surface area contributed by atoms with Crippen molar-refractivity contribution in [3.05, 3.63) is 93.3 Å². The highest BCUT2D eigenvalue weighted by molar-refractivity contribution is 6.34. The third-order valence-electron chi connectivity index (χ3n) is 5.69. The highest BCUT2D eigenvalue weighted by Crippen LogP contribution is 2.33. The maximum atomic E-state index is 13.3. The van der Waals surface area contributed by atoms with E-state index in [-0.39, 0.29) is 33.8 Å². The van der Waals surface area contributed by atoms with Gasteiger partial charge in [-0.1, -0.05) is 12.1 Å². The Morgan fingerprint density at radius 2 is 1.44 bits per heavy atom. The second-order valence-corrected chi connectivity index (χ2v) is 7.78. The molecule has 0 unspecified atom stereocenters. The topological polar surface area (TPSA) is 133 Å². The van der Waals surface area contributed by atoms with Gasteiger partial charge in [-0.05, 0) is 48.5 Å². The highest BCUT2D eigenvalue weighted by Gasteiger charge is 2.38. The summed E-state index contributed by atoms with van der Waals surface area (Å²) >= 11 is 0. The molecule has 2 amide bonds. The van der Waals surface area contributed by atoms with Gasteiger partial charge >= 0.3 is 17.6 Å². The molecule has 178 valence electrons. The molecule has 1 aliphatic heterocycles. The number of hydrogen-bond acceptors (Lipinski definition) is 9. The lowest BCUT2D eigenvalue weighted by Crippen LogP contribution is -2.30. The summed E-state index contributed by atoms with van der Waals surface area (Å²) in [6, 6.07) is 14.8. The van der Waals surface area contributed by atoms with Crippen LogP contribution in [0.2, 0.25) is 0 Å². The number of ether oxygens (including phenoxy) is 2. The van der Waals surface area contributed by atoms with Crippen LogP contribution in [0.15, 0.2) is 69.9 Å². The van der Waals surface area contributed by atoms with Crippen LogP contribution in [0.5, 0.6) is 0 Å². The number of aromatic nitrogens is 1. The molecule has 0 radical (unpaired) electrons. The fraction of sp³-hybridized carbons (Fsp3) is 0.0769. The van der Waals surface area contributed by atoms with Gasteiger partial charge in [0.1, 0.15) is 0 Å². The summed E-state index contributed by atoms with van der Waals surface area (Å²) in [6.45, 7) is 0. The second kappa shape index (κ2) is 8.58. The van der Waals surface area contributed by atoms with E-state index in [1.54, 1.807) is 24.3 Å². The van der Waals surface area contributed by atoms with E-state index in [0.29, 0.717) is 16.5 Å². The number of amides is 2. The van der Waals surface area contributed by atoms with Gasteiger partial charge < -0.3 is 13.9 Å². The van der Waals surface area contributed by atoms with E-state index >= 15 is 0 Å². The Balaban J connectivity index is 1.59. The summed E-state index contributed by atoms with van der Waals surface area (Å²) in [5.41, 5.74) is 0.177. The van der Waals surface area contributed by atoms with Crippen molar-refractivity contribution in [1.29, 1.82) is 0 Å². The zero-order valence-electron chi connectivity index (χ0n) is 18.9. The van der Waals surface area contributed by atoms with Crippen LogP contribution >= 0.6 is 0 Å². The first kappa shape index (κ1) is 22.7. The van der Waals surface area contributed by atoms with E-state index in [4.69, 9.17) is 13.9 Å². The number of imide groups is 1. The van der Waals surface area contributed by atoms with Crippen molar-refractivity contribution in [2.45, 2.75) is 0 Å². The molecule has 0 atom stereocenters. The number of hydrogen-bond donors (Lipinski definition) is 0. The molecule has 3 aromatic carbocycles.